The van der Waals surface area contributed by atoms with E-state index in [0.717, 1.165) is 0 Å². The standard InChI is InChI=1S/C12H17NO3/c1-12(2)7(5-13)9(12)6-3-4-8(14)11(16)10(6)15/h3-4,7,9,14-16H,5,13H2,1-2H3/t7-,9-/m0/s1. The minimum absolute atomic E-state index is 0.0373. The van der Waals surface area contributed by atoms with Crippen LogP contribution in [-0.2, 0) is 0 Å². The second-order valence-corrected chi connectivity index (χ2v) is 5.01. The average molecular weight is 223 g/mol. The normalized spacial score (nSPS) is 26.7. The molecule has 2 rings (SSSR count). The lowest BCUT2D eigenvalue weighted by Crippen LogP contribution is -2.05. The summed E-state index contributed by atoms with van der Waals surface area (Å²) < 4.78 is 0. The molecule has 0 unspecified atom stereocenters. The number of benzene rings is 1. The summed E-state index contributed by atoms with van der Waals surface area (Å²) in [6.07, 6.45) is 0. The molecule has 2 atom stereocenters. The number of aromatic hydroxyl groups is 3. The van der Waals surface area contributed by atoms with Gasteiger partial charge in [-0.3, -0.25) is 0 Å². The van der Waals surface area contributed by atoms with Gasteiger partial charge in [-0.1, -0.05) is 19.9 Å². The maximum Gasteiger partial charge on any atom is 0.200 e. The highest BCUT2D eigenvalue weighted by molar-refractivity contribution is 5.56. The Labute approximate surface area is 94.3 Å². The van der Waals surface area contributed by atoms with Gasteiger partial charge in [0.2, 0.25) is 5.75 Å². The molecule has 1 fully saturated rings. The summed E-state index contributed by atoms with van der Waals surface area (Å²) in [5, 5.41) is 28.5. The highest BCUT2D eigenvalue weighted by atomic mass is 16.3. The van der Waals surface area contributed by atoms with Gasteiger partial charge in [0.15, 0.2) is 11.5 Å². The van der Waals surface area contributed by atoms with E-state index >= 15 is 0 Å². The average Bonchev–Trinajstić information content (AvgIpc) is 2.77. The Morgan fingerprint density at radius 1 is 1.19 bits per heavy atom. The Kier molecular flexibility index (Phi) is 2.27. The number of nitrogens with two attached hydrogens (primary N) is 1. The molecular formula is C12H17NO3. The van der Waals surface area contributed by atoms with Crippen molar-refractivity contribution in [3.05, 3.63) is 17.7 Å². The Morgan fingerprint density at radius 2 is 1.81 bits per heavy atom. The summed E-state index contributed by atoms with van der Waals surface area (Å²) in [7, 11) is 0. The summed E-state index contributed by atoms with van der Waals surface area (Å²) in [6, 6.07) is 3.04. The van der Waals surface area contributed by atoms with Crippen molar-refractivity contribution in [1.82, 2.24) is 0 Å². The third-order valence-corrected chi connectivity index (χ3v) is 3.80. The topological polar surface area (TPSA) is 86.7 Å². The van der Waals surface area contributed by atoms with Gasteiger partial charge >= 0.3 is 0 Å². The maximum atomic E-state index is 9.78. The number of rotatable bonds is 2. The van der Waals surface area contributed by atoms with Gasteiger partial charge in [0.05, 0.1) is 0 Å². The fourth-order valence-electron chi connectivity index (χ4n) is 2.64. The molecule has 5 N–H and O–H groups in total. The van der Waals surface area contributed by atoms with Crippen molar-refractivity contribution in [1.29, 1.82) is 0 Å². The first kappa shape index (κ1) is 11.1. The van der Waals surface area contributed by atoms with Crippen LogP contribution in [0.3, 0.4) is 0 Å². The van der Waals surface area contributed by atoms with E-state index in [-0.39, 0.29) is 22.8 Å². The highest BCUT2D eigenvalue weighted by Gasteiger charge is 2.58. The fraction of sp³-hybridized carbons (Fsp3) is 0.500. The largest absolute Gasteiger partial charge is 0.504 e. The van der Waals surface area contributed by atoms with Crippen molar-refractivity contribution in [2.24, 2.45) is 17.1 Å². The van der Waals surface area contributed by atoms with Crippen LogP contribution in [0.1, 0.15) is 25.3 Å². The van der Waals surface area contributed by atoms with Gasteiger partial charge in [0.25, 0.3) is 0 Å². The molecule has 0 spiro atoms. The first-order valence-corrected chi connectivity index (χ1v) is 5.35. The lowest BCUT2D eigenvalue weighted by molar-refractivity contribution is 0.364. The van der Waals surface area contributed by atoms with Crippen LogP contribution in [0.25, 0.3) is 0 Å². The second kappa shape index (κ2) is 3.28. The summed E-state index contributed by atoms with van der Waals surface area (Å²) in [6.45, 7) is 4.72. The highest BCUT2D eigenvalue weighted by Crippen LogP contribution is 2.66. The van der Waals surface area contributed by atoms with Crippen LogP contribution in [0, 0.1) is 11.3 Å². The molecule has 0 aliphatic heterocycles. The lowest BCUT2D eigenvalue weighted by atomic mass is 10.0. The third-order valence-electron chi connectivity index (χ3n) is 3.80. The molecule has 1 saturated carbocycles. The first-order chi connectivity index (χ1) is 7.41. The summed E-state index contributed by atoms with van der Waals surface area (Å²) in [5.41, 5.74) is 6.36. The molecule has 1 aliphatic carbocycles. The van der Waals surface area contributed by atoms with Crippen molar-refractivity contribution in [2.45, 2.75) is 19.8 Å². The van der Waals surface area contributed by atoms with Gasteiger partial charge < -0.3 is 21.1 Å². The molecule has 0 aromatic heterocycles. The molecule has 88 valence electrons. The van der Waals surface area contributed by atoms with Crippen LogP contribution in [0.5, 0.6) is 17.2 Å². The predicted octanol–water partition coefficient (Wildman–Crippen LogP) is 1.50. The molecule has 0 saturated heterocycles. The lowest BCUT2D eigenvalue weighted by Gasteiger charge is -2.08. The molecule has 0 amide bonds. The smallest absolute Gasteiger partial charge is 0.200 e. The fourth-order valence-corrected chi connectivity index (χ4v) is 2.64. The van der Waals surface area contributed by atoms with Crippen LogP contribution >= 0.6 is 0 Å². The Balaban J connectivity index is 2.41. The number of phenols is 3. The van der Waals surface area contributed by atoms with Crippen molar-refractivity contribution in [2.75, 3.05) is 6.54 Å². The molecule has 16 heavy (non-hydrogen) atoms. The van der Waals surface area contributed by atoms with Gasteiger partial charge in [0.1, 0.15) is 0 Å². The SMILES string of the molecule is CC1(C)[C@@H](CN)[C@@H]1c1ccc(O)c(O)c1O. The Morgan fingerprint density at radius 3 is 2.31 bits per heavy atom. The minimum atomic E-state index is -0.448. The zero-order valence-corrected chi connectivity index (χ0v) is 9.44. The zero-order chi connectivity index (χ0) is 12.1. The van der Waals surface area contributed by atoms with E-state index in [0.29, 0.717) is 18.0 Å². The zero-order valence-electron chi connectivity index (χ0n) is 9.44. The van der Waals surface area contributed by atoms with Crippen LogP contribution < -0.4 is 5.73 Å². The van der Waals surface area contributed by atoms with Crippen LogP contribution in [-0.4, -0.2) is 21.9 Å². The number of hydrogen-bond acceptors (Lipinski definition) is 4. The molecule has 0 heterocycles. The number of hydrogen-bond donors (Lipinski definition) is 4. The predicted molar refractivity (Wildman–Crippen MR) is 60.5 cm³/mol. The molecule has 1 aromatic carbocycles. The Hall–Kier alpha value is -1.42. The molecule has 0 bridgehead atoms. The molecule has 1 aromatic rings. The second-order valence-electron chi connectivity index (χ2n) is 5.01. The van der Waals surface area contributed by atoms with E-state index in [1.165, 1.54) is 6.07 Å². The summed E-state index contributed by atoms with van der Waals surface area (Å²) in [4.78, 5) is 0. The van der Waals surface area contributed by atoms with Crippen molar-refractivity contribution in [3.63, 3.8) is 0 Å². The van der Waals surface area contributed by atoms with Crippen molar-refractivity contribution < 1.29 is 15.3 Å². The van der Waals surface area contributed by atoms with Gasteiger partial charge in [-0.2, -0.15) is 0 Å². The van der Waals surface area contributed by atoms with Crippen LogP contribution in [0.15, 0.2) is 12.1 Å². The van der Waals surface area contributed by atoms with E-state index in [2.05, 4.69) is 13.8 Å². The van der Waals surface area contributed by atoms with Crippen molar-refractivity contribution >= 4 is 0 Å². The van der Waals surface area contributed by atoms with Crippen LogP contribution in [0.2, 0.25) is 0 Å². The molecule has 4 nitrogen and oxygen atoms in total. The molecule has 0 radical (unpaired) electrons. The van der Waals surface area contributed by atoms with Gasteiger partial charge in [-0.05, 0) is 29.9 Å². The molecular weight excluding hydrogens is 206 g/mol. The van der Waals surface area contributed by atoms with Crippen molar-refractivity contribution in [3.8, 4) is 17.2 Å². The van der Waals surface area contributed by atoms with E-state index in [1.807, 2.05) is 0 Å². The quantitative estimate of drug-likeness (QED) is 0.572. The minimum Gasteiger partial charge on any atom is -0.504 e. The van der Waals surface area contributed by atoms with E-state index in [9.17, 15) is 15.3 Å². The third kappa shape index (κ3) is 1.33. The summed E-state index contributed by atoms with van der Waals surface area (Å²) >= 11 is 0. The number of phenolic OH excluding ortho intramolecular Hbond substituents is 3. The molecule has 1 aliphatic rings. The van der Waals surface area contributed by atoms with E-state index < -0.39 is 5.75 Å². The molecule has 4 heteroatoms. The van der Waals surface area contributed by atoms with E-state index in [4.69, 9.17) is 5.73 Å². The first-order valence-electron chi connectivity index (χ1n) is 5.35. The Bertz CT molecular complexity index is 429. The maximum absolute atomic E-state index is 9.78. The van der Waals surface area contributed by atoms with Crippen LogP contribution in [0.4, 0.5) is 0 Å². The summed E-state index contributed by atoms with van der Waals surface area (Å²) in [5.74, 6) is -0.527. The van der Waals surface area contributed by atoms with Gasteiger partial charge in [-0.15, -0.1) is 0 Å². The van der Waals surface area contributed by atoms with Gasteiger partial charge in [-0.25, -0.2) is 0 Å². The monoisotopic (exact) mass is 223 g/mol. The van der Waals surface area contributed by atoms with Gasteiger partial charge in [0, 0.05) is 5.56 Å². The van der Waals surface area contributed by atoms with E-state index in [1.54, 1.807) is 6.07 Å².